The number of aromatic nitrogens is 3. The maximum absolute atomic E-state index is 5.23. The summed E-state index contributed by atoms with van der Waals surface area (Å²) in [4.78, 5) is 8.98. The molecule has 0 aliphatic carbocycles. The highest BCUT2D eigenvalue weighted by Gasteiger charge is 2.17. The molecule has 1 unspecified atom stereocenters. The Morgan fingerprint density at radius 2 is 1.90 bits per heavy atom. The molecule has 2 rings (SSSR count). The molecule has 0 aliphatic heterocycles. The van der Waals surface area contributed by atoms with Crippen LogP contribution in [0.1, 0.15) is 49.7 Å². The molecule has 0 aliphatic rings. The van der Waals surface area contributed by atoms with Crippen molar-refractivity contribution in [1.82, 2.24) is 15.1 Å². The van der Waals surface area contributed by atoms with E-state index in [1.165, 1.54) is 0 Å². The lowest BCUT2D eigenvalue weighted by atomic mass is 10.1. The van der Waals surface area contributed by atoms with Crippen molar-refractivity contribution in [2.24, 2.45) is 0 Å². The topological polar surface area (TPSA) is 75.9 Å². The zero-order chi connectivity index (χ0) is 15.4. The van der Waals surface area contributed by atoms with Crippen LogP contribution in [-0.4, -0.2) is 21.7 Å². The monoisotopic (exact) mass is 289 g/mol. The summed E-state index contributed by atoms with van der Waals surface area (Å²) in [6.07, 6.45) is 0.799. The van der Waals surface area contributed by atoms with Gasteiger partial charge in [-0.2, -0.15) is 0 Å². The molecule has 0 spiro atoms. The minimum Gasteiger partial charge on any atom is -0.370 e. The van der Waals surface area contributed by atoms with E-state index in [1.54, 1.807) is 0 Å². The van der Waals surface area contributed by atoms with Crippen LogP contribution in [0.2, 0.25) is 0 Å². The summed E-state index contributed by atoms with van der Waals surface area (Å²) in [6.45, 7) is 10.9. The van der Waals surface area contributed by atoms with Crippen LogP contribution in [0, 0.1) is 13.8 Å². The quantitative estimate of drug-likeness (QED) is 0.850. The molecule has 0 bridgehead atoms. The van der Waals surface area contributed by atoms with Gasteiger partial charge in [0.15, 0.2) is 0 Å². The van der Waals surface area contributed by atoms with E-state index in [1.807, 2.05) is 33.8 Å². The fourth-order valence-electron chi connectivity index (χ4n) is 2.40. The molecule has 0 radical (unpaired) electrons. The molecule has 2 heterocycles. The number of nitrogens with one attached hydrogen (secondary N) is 2. The molecule has 2 aromatic rings. The van der Waals surface area contributed by atoms with Crippen LogP contribution >= 0.6 is 0 Å². The smallest absolute Gasteiger partial charge is 0.139 e. The molecule has 2 aromatic heterocycles. The van der Waals surface area contributed by atoms with Gasteiger partial charge in [0.05, 0.1) is 11.7 Å². The molecule has 2 N–H and O–H groups in total. The standard InChI is InChI=1S/C15H23N5O/c1-6-12-18-13(16-7-2)8-14(19-12)17-9(3)15-10(4)20-21-11(15)5/h8-9H,6-7H2,1-5H3,(H2,16,17,18,19). The lowest BCUT2D eigenvalue weighted by Crippen LogP contribution is -2.12. The number of anilines is 2. The van der Waals surface area contributed by atoms with E-state index in [2.05, 4.69) is 32.7 Å². The second kappa shape index (κ2) is 6.56. The van der Waals surface area contributed by atoms with Gasteiger partial charge in [0, 0.05) is 24.6 Å². The highest BCUT2D eigenvalue weighted by atomic mass is 16.5. The summed E-state index contributed by atoms with van der Waals surface area (Å²) in [6, 6.07) is 2.00. The summed E-state index contributed by atoms with van der Waals surface area (Å²) in [5, 5.41) is 10.6. The summed E-state index contributed by atoms with van der Waals surface area (Å²) < 4.78 is 5.23. The first-order chi connectivity index (χ1) is 10.0. The molecular weight excluding hydrogens is 266 g/mol. The van der Waals surface area contributed by atoms with Gasteiger partial charge in [0.25, 0.3) is 0 Å². The van der Waals surface area contributed by atoms with Gasteiger partial charge in [-0.3, -0.25) is 0 Å². The van der Waals surface area contributed by atoms with Gasteiger partial charge in [0.1, 0.15) is 23.2 Å². The fourth-order valence-corrected chi connectivity index (χ4v) is 2.40. The minimum atomic E-state index is 0.0744. The predicted molar refractivity (Wildman–Crippen MR) is 83.6 cm³/mol. The third-order valence-corrected chi connectivity index (χ3v) is 3.33. The summed E-state index contributed by atoms with van der Waals surface area (Å²) in [5.74, 6) is 3.31. The summed E-state index contributed by atoms with van der Waals surface area (Å²) >= 11 is 0. The van der Waals surface area contributed by atoms with Crippen molar-refractivity contribution in [3.63, 3.8) is 0 Å². The van der Waals surface area contributed by atoms with Gasteiger partial charge in [-0.25, -0.2) is 9.97 Å². The fraction of sp³-hybridized carbons (Fsp3) is 0.533. The van der Waals surface area contributed by atoms with Crippen molar-refractivity contribution in [1.29, 1.82) is 0 Å². The van der Waals surface area contributed by atoms with Crippen LogP contribution in [0.4, 0.5) is 11.6 Å². The predicted octanol–water partition coefficient (Wildman–Crippen LogP) is 3.25. The van der Waals surface area contributed by atoms with Crippen molar-refractivity contribution >= 4 is 11.6 Å². The maximum atomic E-state index is 5.23. The van der Waals surface area contributed by atoms with Crippen molar-refractivity contribution in [2.75, 3.05) is 17.2 Å². The highest BCUT2D eigenvalue weighted by molar-refractivity contribution is 5.49. The van der Waals surface area contributed by atoms with E-state index in [-0.39, 0.29) is 6.04 Å². The van der Waals surface area contributed by atoms with Crippen LogP contribution in [0.25, 0.3) is 0 Å². The van der Waals surface area contributed by atoms with E-state index >= 15 is 0 Å². The molecule has 0 amide bonds. The summed E-state index contributed by atoms with van der Waals surface area (Å²) in [7, 11) is 0. The normalized spacial score (nSPS) is 12.2. The molecule has 1 atom stereocenters. The first kappa shape index (κ1) is 15.3. The van der Waals surface area contributed by atoms with Gasteiger partial charge >= 0.3 is 0 Å². The third-order valence-electron chi connectivity index (χ3n) is 3.33. The van der Waals surface area contributed by atoms with Crippen LogP contribution in [-0.2, 0) is 6.42 Å². The van der Waals surface area contributed by atoms with Crippen molar-refractivity contribution in [3.05, 3.63) is 28.9 Å². The molecule has 0 fully saturated rings. The Morgan fingerprint density at radius 1 is 1.19 bits per heavy atom. The Kier molecular flexibility index (Phi) is 4.77. The van der Waals surface area contributed by atoms with E-state index in [0.717, 1.165) is 47.4 Å². The Bertz CT molecular complexity index is 589. The van der Waals surface area contributed by atoms with E-state index < -0.39 is 0 Å². The molecule has 6 heteroatoms. The number of hydrogen-bond acceptors (Lipinski definition) is 6. The summed E-state index contributed by atoms with van der Waals surface area (Å²) in [5.41, 5.74) is 1.99. The molecule has 0 saturated carbocycles. The van der Waals surface area contributed by atoms with Crippen LogP contribution < -0.4 is 10.6 Å². The number of nitrogens with zero attached hydrogens (tertiary/aromatic N) is 3. The van der Waals surface area contributed by atoms with Gasteiger partial charge in [0.2, 0.25) is 0 Å². The first-order valence-electron chi connectivity index (χ1n) is 7.36. The maximum Gasteiger partial charge on any atom is 0.139 e. The first-order valence-corrected chi connectivity index (χ1v) is 7.36. The number of rotatable bonds is 6. The lowest BCUT2D eigenvalue weighted by Gasteiger charge is -2.16. The molecular formula is C15H23N5O. The largest absolute Gasteiger partial charge is 0.370 e. The number of aryl methyl sites for hydroxylation is 3. The van der Waals surface area contributed by atoms with Gasteiger partial charge in [-0.15, -0.1) is 0 Å². The van der Waals surface area contributed by atoms with E-state index in [0.29, 0.717) is 0 Å². The van der Waals surface area contributed by atoms with Crippen molar-refractivity contribution in [3.8, 4) is 0 Å². The van der Waals surface area contributed by atoms with Crippen LogP contribution in [0.15, 0.2) is 10.6 Å². The Morgan fingerprint density at radius 3 is 2.48 bits per heavy atom. The second-order valence-corrected chi connectivity index (χ2v) is 5.04. The Hall–Kier alpha value is -2.11. The van der Waals surface area contributed by atoms with Crippen molar-refractivity contribution in [2.45, 2.75) is 47.1 Å². The van der Waals surface area contributed by atoms with Gasteiger partial charge in [-0.05, 0) is 27.7 Å². The molecule has 6 nitrogen and oxygen atoms in total. The van der Waals surface area contributed by atoms with Crippen molar-refractivity contribution < 1.29 is 4.52 Å². The highest BCUT2D eigenvalue weighted by Crippen LogP contribution is 2.25. The van der Waals surface area contributed by atoms with E-state index in [4.69, 9.17) is 4.52 Å². The molecule has 0 saturated heterocycles. The Balaban J connectivity index is 2.24. The number of hydrogen-bond donors (Lipinski definition) is 2. The molecule has 21 heavy (non-hydrogen) atoms. The third kappa shape index (κ3) is 3.51. The average molecular weight is 289 g/mol. The van der Waals surface area contributed by atoms with Crippen LogP contribution in [0.3, 0.4) is 0 Å². The average Bonchev–Trinajstić information content (AvgIpc) is 2.78. The zero-order valence-corrected chi connectivity index (χ0v) is 13.3. The zero-order valence-electron chi connectivity index (χ0n) is 13.3. The van der Waals surface area contributed by atoms with Gasteiger partial charge < -0.3 is 15.2 Å². The SMILES string of the molecule is CCNc1cc(NC(C)c2c(C)noc2C)nc(CC)n1. The minimum absolute atomic E-state index is 0.0744. The second-order valence-electron chi connectivity index (χ2n) is 5.04. The van der Waals surface area contributed by atoms with E-state index in [9.17, 15) is 0 Å². The lowest BCUT2D eigenvalue weighted by molar-refractivity contribution is 0.392. The van der Waals surface area contributed by atoms with Crippen LogP contribution in [0.5, 0.6) is 0 Å². The Labute approximate surface area is 125 Å². The molecule has 114 valence electrons. The molecule has 0 aromatic carbocycles. The van der Waals surface area contributed by atoms with Gasteiger partial charge in [-0.1, -0.05) is 12.1 Å².